The van der Waals surface area contributed by atoms with E-state index in [1.807, 2.05) is 0 Å². The summed E-state index contributed by atoms with van der Waals surface area (Å²) in [5, 5.41) is 4.43. The molecule has 0 atom stereocenters. The van der Waals surface area contributed by atoms with Gasteiger partial charge in [-0.1, -0.05) is 59.8 Å². The molecule has 4 heteroatoms. The fourth-order valence-electron chi connectivity index (χ4n) is 4.17. The Kier molecular flexibility index (Phi) is 3.98. The fraction of sp³-hybridized carbons (Fsp3) is 0.318. The lowest BCUT2D eigenvalue weighted by Gasteiger charge is -2.35. The molecule has 132 valence electrons. The van der Waals surface area contributed by atoms with E-state index >= 15 is 0 Å². The molecule has 1 aromatic heterocycles. The van der Waals surface area contributed by atoms with Gasteiger partial charge < -0.3 is 9.42 Å². The SMILES string of the molecule is c1ccc(CN2CCN(c3onc4c3CCc3ccccc3-4)CC2)cc1. The zero-order chi connectivity index (χ0) is 17.3. The molecule has 1 aliphatic carbocycles. The van der Waals surface area contributed by atoms with Gasteiger partial charge in [-0.3, -0.25) is 4.90 Å². The number of hydrogen-bond acceptors (Lipinski definition) is 4. The van der Waals surface area contributed by atoms with Crippen molar-refractivity contribution in [2.45, 2.75) is 19.4 Å². The van der Waals surface area contributed by atoms with Gasteiger partial charge in [0.15, 0.2) is 0 Å². The van der Waals surface area contributed by atoms with Gasteiger partial charge >= 0.3 is 0 Å². The Bertz CT molecular complexity index is 895. The number of fused-ring (bicyclic) bond motifs is 3. The molecule has 26 heavy (non-hydrogen) atoms. The maximum absolute atomic E-state index is 5.82. The van der Waals surface area contributed by atoms with Crippen LogP contribution in [0.4, 0.5) is 5.88 Å². The molecule has 0 bridgehead atoms. The van der Waals surface area contributed by atoms with E-state index in [1.165, 1.54) is 22.3 Å². The average molecular weight is 345 g/mol. The van der Waals surface area contributed by atoms with Gasteiger partial charge in [0.2, 0.25) is 5.88 Å². The molecule has 5 rings (SSSR count). The van der Waals surface area contributed by atoms with Crippen LogP contribution in [0.5, 0.6) is 0 Å². The van der Waals surface area contributed by atoms with Crippen molar-refractivity contribution in [2.24, 2.45) is 0 Å². The lowest BCUT2D eigenvalue weighted by molar-refractivity contribution is 0.243. The number of benzene rings is 2. The average Bonchev–Trinajstić information content (AvgIpc) is 3.14. The number of nitrogens with zero attached hydrogens (tertiary/aromatic N) is 3. The molecule has 2 aliphatic rings. The smallest absolute Gasteiger partial charge is 0.231 e. The molecule has 3 aromatic rings. The van der Waals surface area contributed by atoms with Crippen LogP contribution in [0.1, 0.15) is 16.7 Å². The van der Waals surface area contributed by atoms with E-state index in [4.69, 9.17) is 4.52 Å². The molecular weight excluding hydrogens is 322 g/mol. The number of rotatable bonds is 3. The predicted octanol–water partition coefficient (Wildman–Crippen LogP) is 3.76. The van der Waals surface area contributed by atoms with Gasteiger partial charge in [-0.15, -0.1) is 0 Å². The Hall–Kier alpha value is -2.59. The Balaban J connectivity index is 1.30. The predicted molar refractivity (Wildman–Crippen MR) is 103 cm³/mol. The van der Waals surface area contributed by atoms with Crippen molar-refractivity contribution in [1.82, 2.24) is 10.1 Å². The zero-order valence-corrected chi connectivity index (χ0v) is 14.9. The lowest BCUT2D eigenvalue weighted by atomic mass is 9.90. The van der Waals surface area contributed by atoms with E-state index in [9.17, 15) is 0 Å². The molecule has 1 fully saturated rings. The first-order valence-corrected chi connectivity index (χ1v) is 9.46. The largest absolute Gasteiger partial charge is 0.338 e. The summed E-state index contributed by atoms with van der Waals surface area (Å²) >= 11 is 0. The van der Waals surface area contributed by atoms with Crippen LogP contribution in [0, 0.1) is 0 Å². The van der Waals surface area contributed by atoms with Crippen LogP contribution < -0.4 is 4.90 Å². The second kappa shape index (κ2) is 6.61. The maximum atomic E-state index is 5.82. The second-order valence-electron chi connectivity index (χ2n) is 7.22. The lowest BCUT2D eigenvalue weighted by Crippen LogP contribution is -2.46. The van der Waals surface area contributed by atoms with Crippen LogP contribution in [-0.4, -0.2) is 36.2 Å². The second-order valence-corrected chi connectivity index (χ2v) is 7.22. The van der Waals surface area contributed by atoms with Crippen molar-refractivity contribution in [2.75, 3.05) is 31.1 Å². The number of hydrogen-bond donors (Lipinski definition) is 0. The number of aromatic nitrogens is 1. The minimum atomic E-state index is 0.994. The van der Waals surface area contributed by atoms with Crippen LogP contribution in [0.3, 0.4) is 0 Å². The molecular formula is C22H23N3O. The summed E-state index contributed by atoms with van der Waals surface area (Å²) < 4.78 is 5.82. The Morgan fingerprint density at radius 3 is 2.46 bits per heavy atom. The highest BCUT2D eigenvalue weighted by Crippen LogP contribution is 2.38. The van der Waals surface area contributed by atoms with E-state index in [0.29, 0.717) is 0 Å². The molecule has 0 N–H and O–H groups in total. The van der Waals surface area contributed by atoms with Gasteiger partial charge in [-0.2, -0.15) is 0 Å². The number of anilines is 1. The van der Waals surface area contributed by atoms with E-state index in [0.717, 1.165) is 57.1 Å². The van der Waals surface area contributed by atoms with E-state index in [1.54, 1.807) is 0 Å². The van der Waals surface area contributed by atoms with Crippen molar-refractivity contribution >= 4 is 5.88 Å². The summed E-state index contributed by atoms with van der Waals surface area (Å²) in [6, 6.07) is 19.3. The maximum Gasteiger partial charge on any atom is 0.231 e. The van der Waals surface area contributed by atoms with E-state index in [-0.39, 0.29) is 0 Å². The van der Waals surface area contributed by atoms with E-state index in [2.05, 4.69) is 69.6 Å². The topological polar surface area (TPSA) is 32.5 Å². The monoisotopic (exact) mass is 345 g/mol. The van der Waals surface area contributed by atoms with Gasteiger partial charge in [0.1, 0.15) is 5.69 Å². The van der Waals surface area contributed by atoms with Gasteiger partial charge in [0.05, 0.1) is 0 Å². The molecule has 0 spiro atoms. The van der Waals surface area contributed by atoms with Gasteiger partial charge in [0.25, 0.3) is 0 Å². The van der Waals surface area contributed by atoms with Crippen LogP contribution in [-0.2, 0) is 19.4 Å². The number of aryl methyl sites for hydroxylation is 1. The first-order valence-electron chi connectivity index (χ1n) is 9.46. The first-order chi connectivity index (χ1) is 12.9. The summed E-state index contributed by atoms with van der Waals surface area (Å²) in [6.45, 7) is 5.13. The number of piperazine rings is 1. The quantitative estimate of drug-likeness (QED) is 0.723. The zero-order valence-electron chi connectivity index (χ0n) is 14.9. The minimum absolute atomic E-state index is 0.994. The molecule has 2 aromatic carbocycles. The Labute approximate surface area is 154 Å². The summed E-state index contributed by atoms with van der Waals surface area (Å²) in [5.74, 6) is 0.994. The summed E-state index contributed by atoms with van der Waals surface area (Å²) in [4.78, 5) is 4.89. The minimum Gasteiger partial charge on any atom is -0.338 e. The molecule has 1 saturated heterocycles. The third kappa shape index (κ3) is 2.80. The summed E-state index contributed by atoms with van der Waals surface area (Å²) in [6.07, 6.45) is 2.10. The standard InChI is InChI=1S/C22H23N3O/c1-2-6-17(7-3-1)16-24-12-14-25(15-13-24)22-20-11-10-18-8-4-5-9-19(18)21(20)23-26-22/h1-9H,10-16H2. The molecule has 0 unspecified atom stereocenters. The van der Waals surface area contributed by atoms with Crippen molar-refractivity contribution in [1.29, 1.82) is 0 Å². The highest BCUT2D eigenvalue weighted by Gasteiger charge is 2.28. The third-order valence-electron chi connectivity index (χ3n) is 5.59. The van der Waals surface area contributed by atoms with Crippen LogP contribution >= 0.6 is 0 Å². The van der Waals surface area contributed by atoms with Crippen molar-refractivity contribution in [3.05, 3.63) is 71.3 Å². The molecule has 0 saturated carbocycles. The fourth-order valence-corrected chi connectivity index (χ4v) is 4.17. The van der Waals surface area contributed by atoms with Gasteiger partial charge in [-0.25, -0.2) is 0 Å². The molecule has 1 aliphatic heterocycles. The van der Waals surface area contributed by atoms with Gasteiger partial charge in [-0.05, 0) is 24.0 Å². The van der Waals surface area contributed by atoms with E-state index < -0.39 is 0 Å². The molecule has 4 nitrogen and oxygen atoms in total. The highest BCUT2D eigenvalue weighted by molar-refractivity contribution is 5.73. The highest BCUT2D eigenvalue weighted by atomic mass is 16.5. The molecule has 0 amide bonds. The Morgan fingerprint density at radius 2 is 1.62 bits per heavy atom. The first kappa shape index (κ1) is 15.6. The normalized spacial score (nSPS) is 17.0. The molecule has 0 radical (unpaired) electrons. The Morgan fingerprint density at radius 1 is 0.846 bits per heavy atom. The summed E-state index contributed by atoms with van der Waals surface area (Å²) in [5.41, 5.74) is 6.35. The van der Waals surface area contributed by atoms with Gasteiger partial charge in [0, 0.05) is 43.9 Å². The van der Waals surface area contributed by atoms with Crippen LogP contribution in [0.25, 0.3) is 11.3 Å². The van der Waals surface area contributed by atoms with Crippen LogP contribution in [0.15, 0.2) is 59.1 Å². The van der Waals surface area contributed by atoms with Crippen molar-refractivity contribution in [3.63, 3.8) is 0 Å². The summed E-state index contributed by atoms with van der Waals surface area (Å²) in [7, 11) is 0. The van der Waals surface area contributed by atoms with Crippen molar-refractivity contribution in [3.8, 4) is 11.3 Å². The molecule has 2 heterocycles. The third-order valence-corrected chi connectivity index (χ3v) is 5.59. The van der Waals surface area contributed by atoms with Crippen molar-refractivity contribution < 1.29 is 4.52 Å². The van der Waals surface area contributed by atoms with Crippen LogP contribution in [0.2, 0.25) is 0 Å².